The third kappa shape index (κ3) is 4.85. The molecule has 6 nitrogen and oxygen atoms in total. The Balaban J connectivity index is 1.42. The number of hydrogen-bond donors (Lipinski definition) is 1. The van der Waals surface area contributed by atoms with Gasteiger partial charge in [-0.1, -0.05) is 0 Å². The summed E-state index contributed by atoms with van der Waals surface area (Å²) in [5.41, 5.74) is 0. The van der Waals surface area contributed by atoms with Crippen LogP contribution in [0.5, 0.6) is 11.5 Å². The van der Waals surface area contributed by atoms with Crippen LogP contribution in [0.3, 0.4) is 0 Å². The number of thiazole rings is 1. The summed E-state index contributed by atoms with van der Waals surface area (Å²) in [6, 6.07) is 7.59. The molecule has 0 spiro atoms. The summed E-state index contributed by atoms with van der Waals surface area (Å²) >= 11 is 1.64. The Morgan fingerprint density at radius 1 is 1.32 bits per heavy atom. The molecule has 134 valence electrons. The molecule has 2 heterocycles. The van der Waals surface area contributed by atoms with Crippen LogP contribution in [-0.2, 0) is 4.79 Å². The molecule has 1 fully saturated rings. The quantitative estimate of drug-likeness (QED) is 0.783. The van der Waals surface area contributed by atoms with Crippen molar-refractivity contribution in [1.82, 2.24) is 10.3 Å². The van der Waals surface area contributed by atoms with Gasteiger partial charge in [0.25, 0.3) is 5.91 Å². The lowest BCUT2D eigenvalue weighted by Crippen LogP contribution is -2.41. The van der Waals surface area contributed by atoms with Gasteiger partial charge in [-0.05, 0) is 44.0 Å². The van der Waals surface area contributed by atoms with Gasteiger partial charge in [0.1, 0.15) is 11.5 Å². The van der Waals surface area contributed by atoms with Crippen LogP contribution < -0.4 is 19.7 Å². The topological polar surface area (TPSA) is 63.7 Å². The maximum absolute atomic E-state index is 12.0. The second-order valence-corrected chi connectivity index (χ2v) is 6.67. The number of rotatable bonds is 8. The van der Waals surface area contributed by atoms with Crippen molar-refractivity contribution in [3.05, 3.63) is 35.8 Å². The van der Waals surface area contributed by atoms with E-state index in [4.69, 9.17) is 9.47 Å². The van der Waals surface area contributed by atoms with Crippen LogP contribution in [0.15, 0.2) is 35.8 Å². The fourth-order valence-corrected chi connectivity index (χ4v) is 3.63. The molecule has 3 rings (SSSR count). The van der Waals surface area contributed by atoms with Gasteiger partial charge < -0.3 is 19.7 Å². The maximum atomic E-state index is 12.0. The maximum Gasteiger partial charge on any atom is 0.258 e. The summed E-state index contributed by atoms with van der Waals surface area (Å²) < 4.78 is 10.9. The van der Waals surface area contributed by atoms with E-state index in [1.54, 1.807) is 23.5 Å². The molecular formula is C18H23N3O3S. The lowest BCUT2D eigenvalue weighted by atomic mass is 10.2. The molecule has 2 aromatic rings. The molecule has 1 aliphatic rings. The molecule has 1 aromatic carbocycles. The average Bonchev–Trinajstić information content (AvgIpc) is 3.30. The summed E-state index contributed by atoms with van der Waals surface area (Å²) in [6.45, 7) is 4.19. The Labute approximate surface area is 151 Å². The van der Waals surface area contributed by atoms with Crippen molar-refractivity contribution in [3.8, 4) is 11.5 Å². The van der Waals surface area contributed by atoms with Crippen LogP contribution in [0.1, 0.15) is 19.8 Å². The zero-order valence-corrected chi connectivity index (χ0v) is 15.1. The van der Waals surface area contributed by atoms with E-state index in [1.165, 1.54) is 0 Å². The van der Waals surface area contributed by atoms with Crippen LogP contribution in [0.2, 0.25) is 0 Å². The van der Waals surface area contributed by atoms with Crippen molar-refractivity contribution < 1.29 is 14.3 Å². The van der Waals surface area contributed by atoms with Gasteiger partial charge in [0.2, 0.25) is 0 Å². The van der Waals surface area contributed by atoms with Crippen molar-refractivity contribution in [1.29, 1.82) is 0 Å². The minimum Gasteiger partial charge on any atom is -0.494 e. The summed E-state index contributed by atoms with van der Waals surface area (Å²) in [5.74, 6) is 1.34. The number of nitrogens with zero attached hydrogens (tertiary/aromatic N) is 2. The molecular weight excluding hydrogens is 338 g/mol. The minimum atomic E-state index is -0.111. The first-order valence-corrected chi connectivity index (χ1v) is 9.42. The fourth-order valence-electron chi connectivity index (χ4n) is 2.89. The Hall–Kier alpha value is -2.28. The third-order valence-corrected chi connectivity index (χ3v) is 4.89. The number of amides is 1. The van der Waals surface area contributed by atoms with Gasteiger partial charge in [0.05, 0.1) is 6.61 Å². The summed E-state index contributed by atoms with van der Waals surface area (Å²) in [4.78, 5) is 18.7. The highest BCUT2D eigenvalue weighted by Gasteiger charge is 2.26. The van der Waals surface area contributed by atoms with Crippen LogP contribution >= 0.6 is 11.3 Å². The predicted molar refractivity (Wildman–Crippen MR) is 98.6 cm³/mol. The number of carbonyl (C=O) groups excluding carboxylic acids is 1. The van der Waals surface area contributed by atoms with Crippen LogP contribution in [0, 0.1) is 0 Å². The molecule has 0 aliphatic carbocycles. The van der Waals surface area contributed by atoms with E-state index in [9.17, 15) is 4.79 Å². The molecule has 1 atom stereocenters. The summed E-state index contributed by atoms with van der Waals surface area (Å²) in [7, 11) is 0. The molecule has 0 saturated carbocycles. The Kier molecular flexibility index (Phi) is 6.11. The highest BCUT2D eigenvalue weighted by atomic mass is 32.1. The second-order valence-electron chi connectivity index (χ2n) is 5.80. The number of carbonyl (C=O) groups is 1. The van der Waals surface area contributed by atoms with E-state index in [0.29, 0.717) is 24.9 Å². The monoisotopic (exact) mass is 361 g/mol. The normalized spacial score (nSPS) is 16.7. The largest absolute Gasteiger partial charge is 0.494 e. The molecule has 1 unspecified atom stereocenters. The molecule has 1 aliphatic heterocycles. The molecule has 1 amide bonds. The Morgan fingerprint density at radius 3 is 2.76 bits per heavy atom. The highest BCUT2D eigenvalue weighted by Crippen LogP contribution is 2.26. The predicted octanol–water partition coefficient (Wildman–Crippen LogP) is 2.71. The van der Waals surface area contributed by atoms with E-state index in [1.807, 2.05) is 30.6 Å². The van der Waals surface area contributed by atoms with E-state index in [0.717, 1.165) is 30.3 Å². The number of ether oxygens (including phenoxy) is 2. The van der Waals surface area contributed by atoms with Gasteiger partial charge in [-0.2, -0.15) is 0 Å². The van der Waals surface area contributed by atoms with Crippen LogP contribution in [0.4, 0.5) is 5.13 Å². The van der Waals surface area contributed by atoms with Gasteiger partial charge in [-0.15, -0.1) is 11.3 Å². The summed E-state index contributed by atoms with van der Waals surface area (Å²) in [6.07, 6.45) is 4.01. The van der Waals surface area contributed by atoms with Gasteiger partial charge >= 0.3 is 0 Å². The average molecular weight is 361 g/mol. The second kappa shape index (κ2) is 8.71. The number of nitrogens with one attached hydrogen (secondary N) is 1. The molecule has 1 N–H and O–H groups in total. The van der Waals surface area contributed by atoms with Gasteiger partial charge in [-0.3, -0.25) is 4.79 Å². The lowest BCUT2D eigenvalue weighted by Gasteiger charge is -2.24. The number of anilines is 1. The standard InChI is InChI=1S/C18H23N3O3S/c1-2-23-15-5-7-16(8-6-15)24-13-17(22)20-12-14-4-3-10-21(14)18-19-9-11-25-18/h5-9,11,14H,2-4,10,12-13H2,1H3,(H,20,22). The van der Waals surface area contributed by atoms with E-state index in [-0.39, 0.29) is 12.5 Å². The van der Waals surface area contributed by atoms with Crippen molar-refractivity contribution >= 4 is 22.4 Å². The van der Waals surface area contributed by atoms with E-state index < -0.39 is 0 Å². The Bertz CT molecular complexity index is 661. The first kappa shape index (κ1) is 17.5. The van der Waals surface area contributed by atoms with Crippen molar-refractivity contribution in [2.45, 2.75) is 25.8 Å². The first-order chi connectivity index (χ1) is 12.3. The molecule has 0 radical (unpaired) electrons. The van der Waals surface area contributed by atoms with Crippen molar-refractivity contribution in [2.24, 2.45) is 0 Å². The molecule has 7 heteroatoms. The Morgan fingerprint density at radius 2 is 2.08 bits per heavy atom. The van der Waals surface area contributed by atoms with Gasteiger partial charge in [0.15, 0.2) is 11.7 Å². The highest BCUT2D eigenvalue weighted by molar-refractivity contribution is 7.13. The van der Waals surface area contributed by atoms with Crippen LogP contribution in [0.25, 0.3) is 0 Å². The van der Waals surface area contributed by atoms with Crippen molar-refractivity contribution in [2.75, 3.05) is 31.2 Å². The van der Waals surface area contributed by atoms with E-state index >= 15 is 0 Å². The molecule has 25 heavy (non-hydrogen) atoms. The number of aromatic nitrogens is 1. The smallest absolute Gasteiger partial charge is 0.258 e. The zero-order chi connectivity index (χ0) is 17.5. The first-order valence-electron chi connectivity index (χ1n) is 8.54. The third-order valence-electron chi connectivity index (χ3n) is 4.08. The molecule has 1 saturated heterocycles. The van der Waals surface area contributed by atoms with Crippen molar-refractivity contribution in [3.63, 3.8) is 0 Å². The molecule has 0 bridgehead atoms. The van der Waals surface area contributed by atoms with E-state index in [2.05, 4.69) is 15.2 Å². The summed E-state index contributed by atoms with van der Waals surface area (Å²) in [5, 5.41) is 5.98. The zero-order valence-electron chi connectivity index (χ0n) is 14.3. The van der Waals surface area contributed by atoms with Crippen LogP contribution in [-0.4, -0.2) is 43.2 Å². The minimum absolute atomic E-state index is 0.0119. The van der Waals surface area contributed by atoms with Gasteiger partial charge in [0, 0.05) is 30.7 Å². The fraction of sp³-hybridized carbons (Fsp3) is 0.444. The number of benzene rings is 1. The van der Waals surface area contributed by atoms with Gasteiger partial charge in [-0.25, -0.2) is 4.98 Å². The molecule has 1 aromatic heterocycles. The SMILES string of the molecule is CCOc1ccc(OCC(=O)NCC2CCCN2c2nccs2)cc1. The lowest BCUT2D eigenvalue weighted by molar-refractivity contribution is -0.123. The number of hydrogen-bond acceptors (Lipinski definition) is 6.